The van der Waals surface area contributed by atoms with E-state index >= 15 is 0 Å². The third-order valence-corrected chi connectivity index (χ3v) is 7.58. The van der Waals surface area contributed by atoms with Crippen LogP contribution in [0.25, 0.3) is 0 Å². The smallest absolute Gasteiger partial charge is 0.374 e. The normalized spacial score (nSPS) is 13.7. The van der Waals surface area contributed by atoms with Crippen molar-refractivity contribution in [1.29, 1.82) is 0 Å². The molecule has 0 heterocycles. The zero-order valence-electron chi connectivity index (χ0n) is 14.1. The first-order chi connectivity index (χ1) is 9.64. The molecule has 0 aliphatic rings. The Bertz CT molecular complexity index is 200. The standard InChI is InChI=1S/C15H34O3SSi/c1-6-11-15(5)14-19-12-10-13-20(16-7-2,17-8-3)18-9-4/h15H,6-14H2,1-5H3. The Morgan fingerprint density at radius 1 is 0.950 bits per heavy atom. The van der Waals surface area contributed by atoms with Gasteiger partial charge in [-0.1, -0.05) is 26.7 Å². The minimum absolute atomic E-state index is 0.674. The van der Waals surface area contributed by atoms with Crippen LogP contribution in [0.1, 0.15) is 53.9 Å². The molecule has 1 atom stereocenters. The van der Waals surface area contributed by atoms with Crippen molar-refractivity contribution in [2.24, 2.45) is 5.92 Å². The summed E-state index contributed by atoms with van der Waals surface area (Å²) in [7, 11) is -2.40. The Morgan fingerprint density at radius 2 is 1.50 bits per heavy atom. The van der Waals surface area contributed by atoms with E-state index in [1.807, 2.05) is 20.8 Å². The molecule has 0 spiro atoms. The zero-order valence-corrected chi connectivity index (χ0v) is 15.9. The molecular weight excluding hydrogens is 288 g/mol. The van der Waals surface area contributed by atoms with Crippen molar-refractivity contribution in [1.82, 2.24) is 0 Å². The number of thioether (sulfide) groups is 1. The second-order valence-corrected chi connectivity index (χ2v) is 8.94. The first-order valence-electron chi connectivity index (χ1n) is 8.13. The fraction of sp³-hybridized carbons (Fsp3) is 1.00. The molecular formula is C15H34O3SSi. The summed E-state index contributed by atoms with van der Waals surface area (Å²) in [6.45, 7) is 12.7. The number of rotatable bonds is 14. The fourth-order valence-corrected chi connectivity index (χ4v) is 6.21. The Hall–Kier alpha value is 0.447. The second kappa shape index (κ2) is 13.1. The fourth-order valence-electron chi connectivity index (χ4n) is 2.25. The largest absolute Gasteiger partial charge is 0.500 e. The van der Waals surface area contributed by atoms with Gasteiger partial charge in [0.15, 0.2) is 0 Å². The Labute approximate surface area is 131 Å². The molecule has 3 nitrogen and oxygen atoms in total. The second-order valence-electron chi connectivity index (χ2n) is 5.05. The van der Waals surface area contributed by atoms with Gasteiger partial charge in [-0.05, 0) is 44.6 Å². The molecule has 0 saturated carbocycles. The van der Waals surface area contributed by atoms with Crippen LogP contribution in [0.15, 0.2) is 0 Å². The third kappa shape index (κ3) is 9.40. The predicted octanol–water partition coefficient (Wildman–Crippen LogP) is 4.59. The van der Waals surface area contributed by atoms with E-state index in [1.54, 1.807) is 0 Å². The monoisotopic (exact) mass is 322 g/mol. The number of hydrogen-bond donors (Lipinski definition) is 0. The third-order valence-electron chi connectivity index (χ3n) is 3.05. The van der Waals surface area contributed by atoms with Crippen LogP contribution in [0.5, 0.6) is 0 Å². The van der Waals surface area contributed by atoms with Gasteiger partial charge in [-0.25, -0.2) is 0 Å². The molecule has 0 aliphatic carbocycles. The van der Waals surface area contributed by atoms with Gasteiger partial charge in [-0.15, -0.1) is 0 Å². The molecule has 122 valence electrons. The molecule has 0 fully saturated rings. The first kappa shape index (κ1) is 20.4. The molecule has 0 N–H and O–H groups in total. The van der Waals surface area contributed by atoms with Crippen molar-refractivity contribution < 1.29 is 13.3 Å². The van der Waals surface area contributed by atoms with E-state index in [9.17, 15) is 0 Å². The maximum absolute atomic E-state index is 5.86. The van der Waals surface area contributed by atoms with Gasteiger partial charge in [0.05, 0.1) is 0 Å². The summed E-state index contributed by atoms with van der Waals surface area (Å²) in [6, 6.07) is 0.942. The van der Waals surface area contributed by atoms with Crippen LogP contribution in [0.4, 0.5) is 0 Å². The van der Waals surface area contributed by atoms with Crippen LogP contribution in [-0.4, -0.2) is 40.1 Å². The lowest BCUT2D eigenvalue weighted by Crippen LogP contribution is -2.46. The maximum Gasteiger partial charge on any atom is 0.500 e. The van der Waals surface area contributed by atoms with Crippen molar-refractivity contribution in [2.75, 3.05) is 31.3 Å². The van der Waals surface area contributed by atoms with Gasteiger partial charge >= 0.3 is 8.80 Å². The molecule has 1 unspecified atom stereocenters. The van der Waals surface area contributed by atoms with E-state index < -0.39 is 8.80 Å². The summed E-state index contributed by atoms with van der Waals surface area (Å²) in [5.41, 5.74) is 0. The average Bonchev–Trinajstić information content (AvgIpc) is 2.39. The van der Waals surface area contributed by atoms with Gasteiger partial charge in [0, 0.05) is 25.9 Å². The SMILES string of the molecule is CCCC(C)CSCCC[Si](OCC)(OCC)OCC. The minimum atomic E-state index is -2.40. The van der Waals surface area contributed by atoms with E-state index in [-0.39, 0.29) is 0 Å². The molecule has 5 heteroatoms. The lowest BCUT2D eigenvalue weighted by Gasteiger charge is -2.28. The van der Waals surface area contributed by atoms with Gasteiger partial charge in [-0.2, -0.15) is 11.8 Å². The number of hydrogen-bond acceptors (Lipinski definition) is 4. The summed E-state index contributed by atoms with van der Waals surface area (Å²) in [6.07, 6.45) is 3.75. The zero-order chi connectivity index (χ0) is 15.3. The summed E-state index contributed by atoms with van der Waals surface area (Å²) in [5, 5.41) is 0. The first-order valence-corrected chi connectivity index (χ1v) is 11.2. The van der Waals surface area contributed by atoms with Crippen LogP contribution in [0.3, 0.4) is 0 Å². The minimum Gasteiger partial charge on any atom is -0.374 e. The van der Waals surface area contributed by atoms with Gasteiger partial charge in [0.25, 0.3) is 0 Å². The molecule has 0 radical (unpaired) electrons. The molecule has 0 aromatic carbocycles. The highest BCUT2D eigenvalue weighted by atomic mass is 32.2. The van der Waals surface area contributed by atoms with E-state index in [0.29, 0.717) is 19.8 Å². The summed E-state index contributed by atoms with van der Waals surface area (Å²) >= 11 is 2.05. The van der Waals surface area contributed by atoms with Crippen molar-refractivity contribution in [3.8, 4) is 0 Å². The van der Waals surface area contributed by atoms with Crippen LogP contribution in [-0.2, 0) is 13.3 Å². The van der Waals surface area contributed by atoms with Crippen molar-refractivity contribution in [3.05, 3.63) is 0 Å². The highest BCUT2D eigenvalue weighted by Crippen LogP contribution is 2.21. The average molecular weight is 323 g/mol. The van der Waals surface area contributed by atoms with Gasteiger partial charge in [-0.3, -0.25) is 0 Å². The summed E-state index contributed by atoms with van der Waals surface area (Å²) < 4.78 is 17.6. The van der Waals surface area contributed by atoms with E-state index in [4.69, 9.17) is 13.3 Å². The molecule has 0 aromatic heterocycles. The van der Waals surface area contributed by atoms with Gasteiger partial charge < -0.3 is 13.3 Å². The quantitative estimate of drug-likeness (QED) is 0.345. The van der Waals surface area contributed by atoms with E-state index in [1.165, 1.54) is 24.3 Å². The summed E-state index contributed by atoms with van der Waals surface area (Å²) in [4.78, 5) is 0. The molecule has 0 aromatic rings. The van der Waals surface area contributed by atoms with E-state index in [0.717, 1.165) is 18.4 Å². The van der Waals surface area contributed by atoms with Gasteiger partial charge in [0.2, 0.25) is 0 Å². The van der Waals surface area contributed by atoms with Crippen molar-refractivity contribution in [3.63, 3.8) is 0 Å². The van der Waals surface area contributed by atoms with Crippen LogP contribution in [0, 0.1) is 5.92 Å². The van der Waals surface area contributed by atoms with Crippen LogP contribution < -0.4 is 0 Å². The summed E-state index contributed by atoms with van der Waals surface area (Å²) in [5.74, 6) is 3.27. The van der Waals surface area contributed by atoms with Crippen LogP contribution >= 0.6 is 11.8 Å². The molecule has 0 amide bonds. The molecule has 20 heavy (non-hydrogen) atoms. The Morgan fingerprint density at radius 3 is 1.95 bits per heavy atom. The maximum atomic E-state index is 5.86. The highest BCUT2D eigenvalue weighted by molar-refractivity contribution is 7.99. The highest BCUT2D eigenvalue weighted by Gasteiger charge is 2.39. The molecule has 0 rings (SSSR count). The Balaban J connectivity index is 3.99. The van der Waals surface area contributed by atoms with E-state index in [2.05, 4.69) is 25.6 Å². The topological polar surface area (TPSA) is 27.7 Å². The van der Waals surface area contributed by atoms with Gasteiger partial charge in [0.1, 0.15) is 0 Å². The lowest BCUT2D eigenvalue weighted by molar-refractivity contribution is 0.0712. The predicted molar refractivity (Wildman–Crippen MR) is 91.5 cm³/mol. The molecule has 0 aliphatic heterocycles. The van der Waals surface area contributed by atoms with Crippen molar-refractivity contribution >= 4 is 20.6 Å². The Kier molecular flexibility index (Phi) is 13.4. The van der Waals surface area contributed by atoms with Crippen LogP contribution in [0.2, 0.25) is 6.04 Å². The van der Waals surface area contributed by atoms with Crippen molar-refractivity contribution in [2.45, 2.75) is 59.9 Å². The lowest BCUT2D eigenvalue weighted by atomic mass is 10.1. The molecule has 0 saturated heterocycles. The molecule has 0 bridgehead atoms.